The lowest BCUT2D eigenvalue weighted by Gasteiger charge is -2.36. The van der Waals surface area contributed by atoms with Crippen molar-refractivity contribution in [2.24, 2.45) is 0 Å². The molecule has 1 rings (SSSR count). The Labute approximate surface area is 103 Å². The minimum absolute atomic E-state index is 0.712. The Balaban J connectivity index is 2.67. The van der Waals surface area contributed by atoms with Crippen LogP contribution in [0.2, 0.25) is 0 Å². The summed E-state index contributed by atoms with van der Waals surface area (Å²) in [5, 5.41) is 9.93. The molecule has 1 aromatic rings. The van der Waals surface area contributed by atoms with Gasteiger partial charge in [0.2, 0.25) is 0 Å². The fourth-order valence-electron chi connectivity index (χ4n) is 0.998. The van der Waals surface area contributed by atoms with Crippen LogP contribution in [0.1, 0.15) is 27.7 Å². The van der Waals surface area contributed by atoms with Crippen LogP contribution < -0.4 is 10.2 Å². The third-order valence-corrected chi connectivity index (χ3v) is 2.97. The number of nitrogens with one attached hydrogen (secondary N) is 1. The second-order valence-electron chi connectivity index (χ2n) is 5.01. The first-order chi connectivity index (χ1) is 7.76. The molecule has 0 aliphatic heterocycles. The lowest BCUT2D eigenvalue weighted by atomic mass is 9.90. The van der Waals surface area contributed by atoms with Crippen molar-refractivity contribution >= 4 is 5.69 Å². The molecule has 0 aliphatic rings. The van der Waals surface area contributed by atoms with Crippen LogP contribution >= 0.6 is 0 Å². The zero-order valence-corrected chi connectivity index (χ0v) is 11.1. The Morgan fingerprint density at radius 3 is 2.35 bits per heavy atom. The largest absolute Gasteiger partial charge is 0.497 e. The number of rotatable bonds is 5. The molecule has 0 saturated carbocycles. The quantitative estimate of drug-likeness (QED) is 0.775. The van der Waals surface area contributed by atoms with Gasteiger partial charge < -0.3 is 9.84 Å². The number of benzene rings is 1. The van der Waals surface area contributed by atoms with E-state index in [1.807, 2.05) is 38.1 Å². The number of hydrogen-bond acceptors (Lipinski definition) is 4. The summed E-state index contributed by atoms with van der Waals surface area (Å²) >= 11 is 0. The average molecular weight is 239 g/mol. The van der Waals surface area contributed by atoms with E-state index in [9.17, 15) is 5.11 Å². The minimum Gasteiger partial charge on any atom is -0.497 e. The Morgan fingerprint density at radius 1 is 1.18 bits per heavy atom. The molecule has 0 aromatic heterocycles. The van der Waals surface area contributed by atoms with Crippen LogP contribution in [0.15, 0.2) is 24.3 Å². The number of ether oxygens (including phenoxy) is 1. The first kappa shape index (κ1) is 13.8. The number of anilines is 1. The van der Waals surface area contributed by atoms with Gasteiger partial charge in [0.15, 0.2) is 0 Å². The molecule has 0 heterocycles. The van der Waals surface area contributed by atoms with Gasteiger partial charge in [0, 0.05) is 6.07 Å². The Bertz CT molecular complexity index is 369. The molecule has 0 bridgehead atoms. The van der Waals surface area contributed by atoms with Gasteiger partial charge in [-0.25, -0.2) is 0 Å². The molecule has 0 aliphatic carbocycles. The molecule has 0 amide bonds. The predicted octanol–water partition coefficient (Wildman–Crippen LogP) is 2.59. The van der Waals surface area contributed by atoms with Crippen LogP contribution in [-0.4, -0.2) is 23.4 Å². The Morgan fingerprint density at radius 2 is 1.82 bits per heavy atom. The highest BCUT2D eigenvalue weighted by atomic mass is 16.7. The van der Waals surface area contributed by atoms with Crippen molar-refractivity contribution in [1.29, 1.82) is 0 Å². The lowest BCUT2D eigenvalue weighted by molar-refractivity contribution is -0.130. The summed E-state index contributed by atoms with van der Waals surface area (Å²) in [6.45, 7) is 7.06. The van der Waals surface area contributed by atoms with Gasteiger partial charge in [-0.3, -0.25) is 10.3 Å². The van der Waals surface area contributed by atoms with Crippen LogP contribution in [0.3, 0.4) is 0 Å². The number of aliphatic hydroxyl groups is 1. The summed E-state index contributed by atoms with van der Waals surface area (Å²) < 4.78 is 5.11. The minimum atomic E-state index is -0.946. The number of methoxy groups -OCH3 is 1. The van der Waals surface area contributed by atoms with E-state index in [4.69, 9.17) is 9.57 Å². The molecule has 0 fully saturated rings. The summed E-state index contributed by atoms with van der Waals surface area (Å²) in [6, 6.07) is 7.40. The molecule has 1 aromatic carbocycles. The van der Waals surface area contributed by atoms with Gasteiger partial charge in [-0.1, -0.05) is 6.07 Å². The summed E-state index contributed by atoms with van der Waals surface area (Å²) in [6.07, 6.45) is 0. The maximum Gasteiger partial charge on any atom is 0.121 e. The predicted molar refractivity (Wildman–Crippen MR) is 68.1 cm³/mol. The topological polar surface area (TPSA) is 50.7 Å². The van der Waals surface area contributed by atoms with Crippen molar-refractivity contribution in [3.63, 3.8) is 0 Å². The number of hydrogen-bond donors (Lipinski definition) is 2. The molecule has 4 nitrogen and oxygen atoms in total. The second kappa shape index (κ2) is 4.94. The molecule has 0 radical (unpaired) electrons. The van der Waals surface area contributed by atoms with E-state index in [0.29, 0.717) is 0 Å². The average Bonchev–Trinajstić information content (AvgIpc) is 2.25. The van der Waals surface area contributed by atoms with Gasteiger partial charge >= 0.3 is 0 Å². The van der Waals surface area contributed by atoms with Crippen LogP contribution in [-0.2, 0) is 4.84 Å². The van der Waals surface area contributed by atoms with Crippen LogP contribution in [0.4, 0.5) is 5.69 Å². The first-order valence-electron chi connectivity index (χ1n) is 5.57. The van der Waals surface area contributed by atoms with Gasteiger partial charge in [-0.2, -0.15) is 0 Å². The fourth-order valence-corrected chi connectivity index (χ4v) is 0.998. The highest BCUT2D eigenvalue weighted by Gasteiger charge is 2.36. The summed E-state index contributed by atoms with van der Waals surface area (Å²) in [5.74, 6) is 0.750. The molecule has 17 heavy (non-hydrogen) atoms. The van der Waals surface area contributed by atoms with Crippen LogP contribution in [0.5, 0.6) is 5.75 Å². The van der Waals surface area contributed by atoms with Gasteiger partial charge in [-0.15, -0.1) is 0 Å². The Kier molecular flexibility index (Phi) is 4.01. The van der Waals surface area contributed by atoms with E-state index >= 15 is 0 Å². The molecule has 4 heteroatoms. The highest BCUT2D eigenvalue weighted by Crippen LogP contribution is 2.26. The lowest BCUT2D eigenvalue weighted by Crippen LogP contribution is -2.48. The molecular formula is C13H21NO3. The summed E-state index contributed by atoms with van der Waals surface area (Å²) in [4.78, 5) is 5.52. The maximum absolute atomic E-state index is 9.93. The van der Waals surface area contributed by atoms with E-state index in [-0.39, 0.29) is 0 Å². The van der Waals surface area contributed by atoms with E-state index < -0.39 is 11.2 Å². The normalized spacial score (nSPS) is 12.4. The van der Waals surface area contributed by atoms with Crippen molar-refractivity contribution in [3.05, 3.63) is 24.3 Å². The van der Waals surface area contributed by atoms with E-state index in [0.717, 1.165) is 11.4 Å². The van der Waals surface area contributed by atoms with Crippen molar-refractivity contribution in [2.45, 2.75) is 38.9 Å². The fraction of sp³-hybridized carbons (Fsp3) is 0.538. The Hall–Kier alpha value is -1.26. The van der Waals surface area contributed by atoms with Gasteiger partial charge in [0.05, 0.1) is 18.4 Å². The molecule has 2 N–H and O–H groups in total. The van der Waals surface area contributed by atoms with Crippen molar-refractivity contribution in [3.8, 4) is 5.75 Å². The molecule has 0 unspecified atom stereocenters. The molecule has 96 valence electrons. The van der Waals surface area contributed by atoms with Crippen LogP contribution in [0, 0.1) is 0 Å². The van der Waals surface area contributed by atoms with Gasteiger partial charge in [0.1, 0.15) is 11.4 Å². The van der Waals surface area contributed by atoms with E-state index in [1.54, 1.807) is 21.0 Å². The van der Waals surface area contributed by atoms with Crippen molar-refractivity contribution in [2.75, 3.05) is 12.6 Å². The van der Waals surface area contributed by atoms with Gasteiger partial charge in [0.25, 0.3) is 0 Å². The molecule has 0 atom stereocenters. The van der Waals surface area contributed by atoms with Crippen LogP contribution in [0.25, 0.3) is 0 Å². The second-order valence-corrected chi connectivity index (χ2v) is 5.01. The SMILES string of the molecule is COc1cccc(NOC(C)(C)C(C)(C)O)c1. The summed E-state index contributed by atoms with van der Waals surface area (Å²) in [5.41, 5.74) is 1.95. The smallest absolute Gasteiger partial charge is 0.121 e. The van der Waals surface area contributed by atoms with E-state index in [2.05, 4.69) is 5.48 Å². The third-order valence-electron chi connectivity index (χ3n) is 2.97. The maximum atomic E-state index is 9.93. The standard InChI is InChI=1S/C13H21NO3/c1-12(2,15)13(3,4)17-14-10-7-6-8-11(9-10)16-5/h6-9,14-15H,1-5H3. The van der Waals surface area contributed by atoms with E-state index in [1.165, 1.54) is 0 Å². The molecule has 0 saturated heterocycles. The van der Waals surface area contributed by atoms with Crippen molar-refractivity contribution in [1.82, 2.24) is 0 Å². The van der Waals surface area contributed by atoms with Gasteiger partial charge in [-0.05, 0) is 39.8 Å². The zero-order chi connectivity index (χ0) is 13.1. The third kappa shape index (κ3) is 3.61. The van der Waals surface area contributed by atoms with Crippen molar-refractivity contribution < 1.29 is 14.7 Å². The molecule has 0 spiro atoms. The monoisotopic (exact) mass is 239 g/mol. The molecular weight excluding hydrogens is 218 g/mol. The zero-order valence-electron chi connectivity index (χ0n) is 11.1. The highest BCUT2D eigenvalue weighted by molar-refractivity contribution is 5.46. The first-order valence-corrected chi connectivity index (χ1v) is 5.57. The summed E-state index contributed by atoms with van der Waals surface area (Å²) in [7, 11) is 1.61.